The summed E-state index contributed by atoms with van der Waals surface area (Å²) < 4.78 is 37.9. The fourth-order valence-corrected chi connectivity index (χ4v) is 2.98. The predicted octanol–water partition coefficient (Wildman–Crippen LogP) is -4.71. The van der Waals surface area contributed by atoms with Gasteiger partial charge in [-0.3, -0.25) is 5.04 Å². The van der Waals surface area contributed by atoms with Crippen LogP contribution in [-0.2, 0) is 19.5 Å². The molecule has 0 amide bonds. The molecular weight excluding hydrogens is 306 g/mol. The molecule has 0 atom stereocenters. The Hall–Kier alpha value is 0.0348. The Labute approximate surface area is 150 Å². The van der Waals surface area contributed by atoms with Gasteiger partial charge in [-0.05, 0) is 29.8 Å². The summed E-state index contributed by atoms with van der Waals surface area (Å²) in [5, 5.41) is 13.9. The van der Waals surface area contributed by atoms with Gasteiger partial charge in [-0.1, -0.05) is 23.8 Å². The number of hydrogen-bond acceptors (Lipinski definition) is 7. The predicted molar refractivity (Wildman–Crippen MR) is 64.7 cm³/mol. The van der Waals surface area contributed by atoms with Crippen molar-refractivity contribution in [3.05, 3.63) is 35.9 Å². The van der Waals surface area contributed by atoms with Crippen molar-refractivity contribution in [1.29, 1.82) is 0 Å². The summed E-state index contributed by atoms with van der Waals surface area (Å²) in [6.07, 6.45) is 0. The third-order valence-corrected chi connectivity index (χ3v) is 3.90. The summed E-state index contributed by atoms with van der Waals surface area (Å²) in [5.41, 5.74) is 0.907. The van der Waals surface area contributed by atoms with E-state index in [4.69, 9.17) is 0 Å². The van der Waals surface area contributed by atoms with E-state index in [0.717, 1.165) is 11.6 Å². The molecule has 0 aliphatic heterocycles. The summed E-state index contributed by atoms with van der Waals surface area (Å²) >= 11 is 0.533. The minimum Gasteiger partial charge on any atom is -0.744 e. The zero-order valence-electron chi connectivity index (χ0n) is 11.7. The first-order chi connectivity index (χ1) is 8.91. The van der Waals surface area contributed by atoms with Crippen molar-refractivity contribution in [1.82, 2.24) is 0 Å². The second kappa shape index (κ2) is 8.61. The molecule has 2 rings (SSSR count). The van der Waals surface area contributed by atoms with Gasteiger partial charge >= 0.3 is 37.7 Å². The van der Waals surface area contributed by atoms with E-state index < -0.39 is 10.1 Å². The normalized spacial score (nSPS) is 10.8. The van der Waals surface area contributed by atoms with Gasteiger partial charge in [0.25, 0.3) is 0 Å². The molecule has 2 aromatic rings. The maximum absolute atomic E-state index is 11.3. The molecular formula is C11H8Li2O6S2. The van der Waals surface area contributed by atoms with Crippen molar-refractivity contribution in [2.45, 2.75) is 16.7 Å². The molecule has 2 aromatic carbocycles. The molecule has 102 valence electrons. The maximum Gasteiger partial charge on any atom is 1.00 e. The van der Waals surface area contributed by atoms with Crippen LogP contribution in [0.4, 0.5) is 0 Å². The molecule has 0 unspecified atom stereocenters. The fraction of sp³-hybridized carbons (Fsp3) is 0.0909. The first-order valence-corrected chi connectivity index (χ1v) is 7.20. The van der Waals surface area contributed by atoms with Gasteiger partial charge in [0.05, 0.1) is 16.9 Å². The van der Waals surface area contributed by atoms with Crippen molar-refractivity contribution >= 4 is 32.9 Å². The summed E-state index contributed by atoms with van der Waals surface area (Å²) in [5.74, 6) is 0. The zero-order chi connectivity index (χ0) is 14.0. The van der Waals surface area contributed by atoms with Crippen molar-refractivity contribution in [2.24, 2.45) is 0 Å². The molecule has 10 heteroatoms. The van der Waals surface area contributed by atoms with E-state index in [9.17, 15) is 18.2 Å². The van der Waals surface area contributed by atoms with Crippen LogP contribution in [0.1, 0.15) is 5.56 Å². The first-order valence-electron chi connectivity index (χ1n) is 5.05. The van der Waals surface area contributed by atoms with Crippen LogP contribution in [0.15, 0.2) is 40.1 Å². The number of rotatable bonds is 4. The van der Waals surface area contributed by atoms with E-state index in [1.165, 1.54) is 0 Å². The largest absolute Gasteiger partial charge is 1.00 e. The average Bonchev–Trinajstić information content (AvgIpc) is 2.33. The topological polar surface area (TPSA) is 98.7 Å². The second-order valence-corrected chi connectivity index (χ2v) is 5.94. The van der Waals surface area contributed by atoms with Crippen LogP contribution < -0.4 is 43.0 Å². The SMILES string of the molecule is Cc1ccc2c(S(=O)(=O)[O-])cc(SOO[O-])cc2c1.[Li+].[Li+]. The van der Waals surface area contributed by atoms with Crippen molar-refractivity contribution in [3.63, 3.8) is 0 Å². The molecule has 0 heterocycles. The van der Waals surface area contributed by atoms with Crippen LogP contribution in [0, 0.1) is 6.92 Å². The van der Waals surface area contributed by atoms with Gasteiger partial charge in [0.1, 0.15) is 10.1 Å². The van der Waals surface area contributed by atoms with Gasteiger partial charge < -0.3 is 9.81 Å². The van der Waals surface area contributed by atoms with E-state index in [2.05, 4.69) is 9.37 Å². The summed E-state index contributed by atoms with van der Waals surface area (Å²) in [4.78, 5) is -0.0784. The van der Waals surface area contributed by atoms with E-state index in [0.29, 0.717) is 22.8 Å². The molecule has 0 radical (unpaired) electrons. The quantitative estimate of drug-likeness (QED) is 0.184. The molecule has 0 aliphatic carbocycles. The molecule has 0 N–H and O–H groups in total. The van der Waals surface area contributed by atoms with Crippen molar-refractivity contribution < 1.29 is 65.3 Å². The van der Waals surface area contributed by atoms with Gasteiger partial charge in [-0.15, -0.1) is 0 Å². The molecule has 0 fully saturated rings. The van der Waals surface area contributed by atoms with Crippen LogP contribution in [0.2, 0.25) is 0 Å². The Morgan fingerprint density at radius 3 is 2.38 bits per heavy atom. The van der Waals surface area contributed by atoms with Gasteiger partial charge in [-0.25, -0.2) is 8.42 Å². The molecule has 21 heavy (non-hydrogen) atoms. The third kappa shape index (κ3) is 5.31. The summed E-state index contributed by atoms with van der Waals surface area (Å²) in [7, 11) is -4.63. The fourth-order valence-electron chi connectivity index (χ4n) is 1.74. The Bertz CT molecular complexity index is 720. The van der Waals surface area contributed by atoms with Crippen molar-refractivity contribution in [3.8, 4) is 0 Å². The van der Waals surface area contributed by atoms with Crippen LogP contribution in [0.3, 0.4) is 0 Å². The zero-order valence-corrected chi connectivity index (χ0v) is 13.3. The maximum atomic E-state index is 11.3. The van der Waals surface area contributed by atoms with Crippen LogP contribution in [0.25, 0.3) is 10.8 Å². The minimum atomic E-state index is -4.63. The molecule has 0 aliphatic rings. The summed E-state index contributed by atoms with van der Waals surface area (Å²) in [6.45, 7) is 1.84. The monoisotopic (exact) mass is 314 g/mol. The average molecular weight is 314 g/mol. The number of benzene rings is 2. The van der Waals surface area contributed by atoms with E-state index in [1.807, 2.05) is 6.92 Å². The Morgan fingerprint density at radius 1 is 1.14 bits per heavy atom. The first kappa shape index (κ1) is 21.0. The minimum absolute atomic E-state index is 0. The molecule has 0 bridgehead atoms. The molecule has 0 spiro atoms. The van der Waals surface area contributed by atoms with Gasteiger partial charge in [0, 0.05) is 4.90 Å². The Morgan fingerprint density at radius 2 is 1.81 bits per heavy atom. The standard InChI is InChI=1S/C11H10O6S2.2Li/c1-7-2-3-10-8(4-7)5-9(18-17-16-12)6-11(10)19(13,14)15;;/h2-6,12H,1H3,(H,13,14,15);;/q;2*+1/p-2. The van der Waals surface area contributed by atoms with E-state index in [-0.39, 0.29) is 47.5 Å². The Kier molecular flexibility index (Phi) is 8.63. The number of aryl methyl sites for hydroxylation is 1. The van der Waals surface area contributed by atoms with Crippen molar-refractivity contribution in [2.75, 3.05) is 0 Å². The molecule has 6 nitrogen and oxygen atoms in total. The van der Waals surface area contributed by atoms with E-state index in [1.54, 1.807) is 24.3 Å². The van der Waals surface area contributed by atoms with Crippen LogP contribution in [0.5, 0.6) is 0 Å². The smallest absolute Gasteiger partial charge is 0.744 e. The van der Waals surface area contributed by atoms with Gasteiger partial charge in [0.2, 0.25) is 0 Å². The molecule has 0 aromatic heterocycles. The number of fused-ring (bicyclic) bond motifs is 1. The summed E-state index contributed by atoms with van der Waals surface area (Å²) in [6, 6.07) is 7.74. The van der Waals surface area contributed by atoms with Crippen LogP contribution >= 0.6 is 12.0 Å². The third-order valence-electron chi connectivity index (χ3n) is 2.47. The molecule has 0 saturated heterocycles. The van der Waals surface area contributed by atoms with Crippen LogP contribution in [-0.4, -0.2) is 13.0 Å². The second-order valence-electron chi connectivity index (χ2n) is 3.82. The molecule has 0 saturated carbocycles. The van der Waals surface area contributed by atoms with E-state index >= 15 is 0 Å². The Balaban J connectivity index is 0.00000200. The van der Waals surface area contributed by atoms with Gasteiger partial charge in [0.15, 0.2) is 0 Å². The number of hydrogen-bond donors (Lipinski definition) is 0. The van der Waals surface area contributed by atoms with Gasteiger partial charge in [-0.2, -0.15) is 4.33 Å².